The molecule has 40 heavy (non-hydrogen) atoms. The highest BCUT2D eigenvalue weighted by molar-refractivity contribution is 6.37. The maximum Gasteiger partial charge on any atom is 0.193 e. The van der Waals surface area contributed by atoms with Crippen molar-refractivity contribution in [3.8, 4) is 0 Å². The highest BCUT2D eigenvalue weighted by atomic mass is 16.2. The van der Waals surface area contributed by atoms with Crippen molar-refractivity contribution in [2.45, 2.75) is 52.6 Å². The Morgan fingerprint density at radius 1 is 0.600 bits per heavy atom. The Morgan fingerprint density at radius 3 is 1.25 bits per heavy atom. The fraction of sp³-hybridized carbons (Fsp3) is 0.387. The van der Waals surface area contributed by atoms with Crippen LogP contribution in [-0.4, -0.2) is 52.6 Å². The molecular weight excluding hydrogens is 512 g/mol. The summed E-state index contributed by atoms with van der Waals surface area (Å²) in [4.78, 5) is 90.9. The summed E-state index contributed by atoms with van der Waals surface area (Å²) in [5.41, 5.74) is 12.0. The summed E-state index contributed by atoms with van der Waals surface area (Å²) in [5.74, 6) is -7.42. The minimum absolute atomic E-state index is 0.0387. The Bertz CT molecular complexity index is 1380. The molecule has 0 aromatic heterocycles. The van der Waals surface area contributed by atoms with E-state index in [4.69, 9.17) is 11.5 Å². The van der Waals surface area contributed by atoms with Crippen LogP contribution < -0.4 is 11.5 Å². The number of benzene rings is 2. The maximum atomic E-state index is 13.3. The fourth-order valence-corrected chi connectivity index (χ4v) is 5.43. The highest BCUT2D eigenvalue weighted by Gasteiger charge is 2.46. The molecular formula is C31H32N2O7. The molecule has 0 fully saturated rings. The monoisotopic (exact) mass is 544 g/mol. The van der Waals surface area contributed by atoms with Crippen LogP contribution in [0.3, 0.4) is 0 Å². The molecule has 0 spiro atoms. The van der Waals surface area contributed by atoms with E-state index in [1.807, 2.05) is 27.7 Å². The van der Waals surface area contributed by atoms with Crippen molar-refractivity contribution in [1.29, 1.82) is 0 Å². The number of hydrogen-bond acceptors (Lipinski definition) is 9. The lowest BCUT2D eigenvalue weighted by Crippen LogP contribution is -2.40. The molecule has 0 heterocycles. The van der Waals surface area contributed by atoms with Gasteiger partial charge in [-0.15, -0.1) is 0 Å². The summed E-state index contributed by atoms with van der Waals surface area (Å²) >= 11 is 0. The predicted octanol–water partition coefficient (Wildman–Crippen LogP) is 2.79. The van der Waals surface area contributed by atoms with E-state index in [2.05, 4.69) is 0 Å². The molecule has 4 N–H and O–H groups in total. The van der Waals surface area contributed by atoms with E-state index in [1.165, 1.54) is 36.4 Å². The van der Waals surface area contributed by atoms with E-state index >= 15 is 0 Å². The standard InChI is InChI=1S/C31H32N2O7/c1-13(2)9-21(32)30(39)23-26(35)17-7-5-15(11-19(17)28(23)37)25(34)16-6-8-18-20(12-16)29(38)24(27(18)36)31(40)22(33)10-14(3)4/h5-8,11-14,21-24H,9-10,32-33H2,1-4H3/t21-,22-,23?,24?/m1/s1. The number of carbonyl (C=O) groups excluding carboxylic acids is 7. The van der Waals surface area contributed by atoms with Crippen LogP contribution in [0.15, 0.2) is 36.4 Å². The van der Waals surface area contributed by atoms with E-state index < -0.39 is 64.4 Å². The second-order valence-corrected chi connectivity index (χ2v) is 11.4. The molecule has 0 bridgehead atoms. The van der Waals surface area contributed by atoms with Crippen LogP contribution in [0.2, 0.25) is 0 Å². The van der Waals surface area contributed by atoms with Gasteiger partial charge in [-0.25, -0.2) is 0 Å². The summed E-state index contributed by atoms with van der Waals surface area (Å²) in [5, 5.41) is 0. The van der Waals surface area contributed by atoms with Gasteiger partial charge in [0, 0.05) is 33.4 Å². The van der Waals surface area contributed by atoms with Crippen LogP contribution >= 0.6 is 0 Å². The lowest BCUT2D eigenvalue weighted by atomic mass is 9.90. The minimum atomic E-state index is -1.53. The van der Waals surface area contributed by atoms with Gasteiger partial charge in [0.05, 0.1) is 12.1 Å². The lowest BCUT2D eigenvalue weighted by molar-refractivity contribution is -0.122. The number of Topliss-reactive ketones (excluding diaryl/α,β-unsaturated/α-hetero) is 6. The van der Waals surface area contributed by atoms with E-state index in [9.17, 15) is 33.6 Å². The van der Waals surface area contributed by atoms with Crippen molar-refractivity contribution in [3.05, 3.63) is 69.8 Å². The van der Waals surface area contributed by atoms with Crippen LogP contribution in [0.5, 0.6) is 0 Å². The van der Waals surface area contributed by atoms with Crippen molar-refractivity contribution in [3.63, 3.8) is 0 Å². The van der Waals surface area contributed by atoms with Crippen LogP contribution in [0.1, 0.15) is 97.9 Å². The molecule has 2 aliphatic carbocycles. The molecule has 2 aliphatic rings. The molecule has 0 radical (unpaired) electrons. The van der Waals surface area contributed by atoms with Gasteiger partial charge < -0.3 is 11.5 Å². The molecule has 4 rings (SSSR count). The normalized spacial score (nSPS) is 19.7. The first-order valence-corrected chi connectivity index (χ1v) is 13.3. The molecule has 4 atom stereocenters. The Morgan fingerprint density at radius 2 is 0.925 bits per heavy atom. The third kappa shape index (κ3) is 5.02. The average molecular weight is 545 g/mol. The van der Waals surface area contributed by atoms with Crippen LogP contribution in [0, 0.1) is 23.7 Å². The number of fused-ring (bicyclic) bond motifs is 2. The first kappa shape index (κ1) is 29.0. The van der Waals surface area contributed by atoms with Gasteiger partial charge in [-0.05, 0) is 48.9 Å². The third-order valence-corrected chi connectivity index (χ3v) is 7.42. The molecule has 9 nitrogen and oxygen atoms in total. The summed E-state index contributed by atoms with van der Waals surface area (Å²) in [7, 11) is 0. The highest BCUT2D eigenvalue weighted by Crippen LogP contribution is 2.32. The molecule has 0 aliphatic heterocycles. The Hall–Kier alpha value is -3.95. The van der Waals surface area contributed by atoms with E-state index in [-0.39, 0.29) is 45.2 Å². The second-order valence-electron chi connectivity index (χ2n) is 11.4. The first-order chi connectivity index (χ1) is 18.7. The molecule has 0 saturated heterocycles. The Balaban J connectivity index is 1.60. The van der Waals surface area contributed by atoms with Crippen LogP contribution in [0.25, 0.3) is 0 Å². The van der Waals surface area contributed by atoms with Crippen molar-refractivity contribution >= 4 is 40.5 Å². The summed E-state index contributed by atoms with van der Waals surface area (Å²) in [6.07, 6.45) is 0.650. The van der Waals surface area contributed by atoms with Gasteiger partial charge in [-0.3, -0.25) is 33.6 Å². The van der Waals surface area contributed by atoms with Crippen molar-refractivity contribution in [2.24, 2.45) is 35.1 Å². The third-order valence-electron chi connectivity index (χ3n) is 7.42. The molecule has 2 aromatic carbocycles. The van der Waals surface area contributed by atoms with Gasteiger partial charge in [-0.1, -0.05) is 39.8 Å². The molecule has 2 aromatic rings. The Labute approximate surface area is 231 Å². The second kappa shape index (κ2) is 10.9. The van der Waals surface area contributed by atoms with Crippen molar-refractivity contribution in [1.82, 2.24) is 0 Å². The van der Waals surface area contributed by atoms with Gasteiger partial charge in [-0.2, -0.15) is 0 Å². The molecule has 2 unspecified atom stereocenters. The van der Waals surface area contributed by atoms with Gasteiger partial charge in [0.2, 0.25) is 0 Å². The van der Waals surface area contributed by atoms with Gasteiger partial charge in [0.15, 0.2) is 40.5 Å². The number of rotatable bonds is 10. The van der Waals surface area contributed by atoms with Gasteiger partial charge >= 0.3 is 0 Å². The zero-order chi connectivity index (χ0) is 29.6. The van der Waals surface area contributed by atoms with E-state index in [0.717, 1.165) is 0 Å². The van der Waals surface area contributed by atoms with Crippen LogP contribution in [0.4, 0.5) is 0 Å². The number of nitrogens with two attached hydrogens (primary N) is 2. The first-order valence-electron chi connectivity index (χ1n) is 13.3. The summed E-state index contributed by atoms with van der Waals surface area (Å²) in [6, 6.07) is 5.99. The average Bonchev–Trinajstić information content (AvgIpc) is 3.29. The maximum absolute atomic E-state index is 13.3. The molecule has 9 heteroatoms. The van der Waals surface area contributed by atoms with Gasteiger partial charge in [0.1, 0.15) is 11.8 Å². The largest absolute Gasteiger partial charge is 0.321 e. The molecule has 0 saturated carbocycles. The van der Waals surface area contributed by atoms with E-state index in [1.54, 1.807) is 0 Å². The SMILES string of the molecule is CC(C)C[C@@H](N)C(=O)C1C(=O)c2ccc(C(=O)c3ccc4c(c3)C(=O)C(C(=O)[C@H](N)CC(C)C)C4=O)cc2C1=O. The Kier molecular flexibility index (Phi) is 7.92. The smallest absolute Gasteiger partial charge is 0.193 e. The minimum Gasteiger partial charge on any atom is -0.321 e. The lowest BCUT2D eigenvalue weighted by Gasteiger charge is -2.15. The molecule has 0 amide bonds. The topological polar surface area (TPSA) is 172 Å². The summed E-state index contributed by atoms with van der Waals surface area (Å²) in [6.45, 7) is 7.50. The fourth-order valence-electron chi connectivity index (χ4n) is 5.43. The quantitative estimate of drug-likeness (QED) is 0.337. The number of carbonyl (C=O) groups is 7. The molecule has 208 valence electrons. The van der Waals surface area contributed by atoms with Crippen molar-refractivity contribution in [2.75, 3.05) is 0 Å². The van der Waals surface area contributed by atoms with E-state index in [0.29, 0.717) is 12.8 Å². The van der Waals surface area contributed by atoms with Gasteiger partial charge in [0.25, 0.3) is 0 Å². The summed E-state index contributed by atoms with van der Waals surface area (Å²) < 4.78 is 0. The number of ketones is 7. The van der Waals surface area contributed by atoms with Crippen molar-refractivity contribution < 1.29 is 33.6 Å². The van der Waals surface area contributed by atoms with Crippen LogP contribution in [-0.2, 0) is 9.59 Å². The zero-order valence-electron chi connectivity index (χ0n) is 22.9. The predicted molar refractivity (Wildman–Crippen MR) is 145 cm³/mol. The number of hydrogen-bond donors (Lipinski definition) is 2. The zero-order valence-corrected chi connectivity index (χ0v) is 22.9.